The van der Waals surface area contributed by atoms with Crippen LogP contribution in [-0.4, -0.2) is 52.7 Å². The number of carbonyl (C=O) groups is 2. The Morgan fingerprint density at radius 1 is 1.52 bits per heavy atom. The molecule has 122 valence electrons. The molecule has 2 amide bonds. The Morgan fingerprint density at radius 2 is 2.14 bits per heavy atom. The quantitative estimate of drug-likeness (QED) is 0.628. The average molecular weight is 300 g/mol. The van der Waals surface area contributed by atoms with Crippen LogP contribution in [0.25, 0.3) is 0 Å². The van der Waals surface area contributed by atoms with Gasteiger partial charge in [-0.3, -0.25) is 9.69 Å². The van der Waals surface area contributed by atoms with Crippen LogP contribution in [0.15, 0.2) is 18.3 Å². The second kappa shape index (κ2) is 9.15. The molecule has 1 saturated heterocycles. The van der Waals surface area contributed by atoms with Crippen molar-refractivity contribution in [2.24, 2.45) is 5.73 Å². The molecule has 1 aliphatic rings. The maximum atomic E-state index is 11.2. The summed E-state index contributed by atoms with van der Waals surface area (Å²) in [4.78, 5) is 25.3. The monoisotopic (exact) mass is 300 g/mol. The first-order chi connectivity index (χ1) is 9.99. The van der Waals surface area contributed by atoms with Crippen LogP contribution in [-0.2, 0) is 0 Å². The van der Waals surface area contributed by atoms with Crippen LogP contribution in [0, 0.1) is 0 Å². The summed E-state index contributed by atoms with van der Waals surface area (Å²) in [5.41, 5.74) is 4.13. The third-order valence-corrected chi connectivity index (χ3v) is 3.33. The first kappa shape index (κ1) is 19.1. The lowest BCUT2D eigenvalue weighted by Gasteiger charge is -2.32. The Balaban J connectivity index is 0. The zero-order valence-corrected chi connectivity index (χ0v) is 13.1. The summed E-state index contributed by atoms with van der Waals surface area (Å²) in [5, 5.41) is 12.7. The lowest BCUT2D eigenvalue weighted by Crippen LogP contribution is -2.50. The third-order valence-electron chi connectivity index (χ3n) is 3.33. The molecule has 5 N–H and O–H groups in total. The van der Waals surface area contributed by atoms with Crippen molar-refractivity contribution in [3.63, 3.8) is 0 Å². The molecule has 0 radical (unpaired) electrons. The summed E-state index contributed by atoms with van der Waals surface area (Å²) in [6.45, 7) is 6.09. The van der Waals surface area contributed by atoms with E-state index in [1.807, 2.05) is 20.8 Å². The van der Waals surface area contributed by atoms with E-state index in [2.05, 4.69) is 16.0 Å². The fourth-order valence-electron chi connectivity index (χ4n) is 2.12. The number of nitrogens with one attached hydrogen (secondary N) is 2. The molecule has 2 heterocycles. The number of urea groups is 1. The van der Waals surface area contributed by atoms with Crippen molar-refractivity contribution < 1.29 is 16.1 Å². The van der Waals surface area contributed by atoms with Gasteiger partial charge in [0.25, 0.3) is 0 Å². The molecule has 1 aliphatic heterocycles. The number of aliphatic hydroxyl groups is 1. The van der Waals surface area contributed by atoms with Crippen molar-refractivity contribution in [1.29, 1.82) is 0 Å². The molecule has 7 heteroatoms. The van der Waals surface area contributed by atoms with Crippen LogP contribution in [0.1, 0.15) is 39.1 Å². The van der Waals surface area contributed by atoms with Gasteiger partial charge in [-0.25, -0.2) is 4.79 Å². The van der Waals surface area contributed by atoms with Gasteiger partial charge in [-0.15, -0.1) is 0 Å². The molecule has 7 nitrogen and oxygen atoms in total. The molecule has 0 aliphatic carbocycles. The number of aromatic nitrogens is 1. The van der Waals surface area contributed by atoms with E-state index in [1.165, 1.54) is 11.9 Å². The summed E-state index contributed by atoms with van der Waals surface area (Å²) in [7, 11) is 1.50. The highest BCUT2D eigenvalue weighted by Crippen LogP contribution is 2.26. The Labute approximate surface area is 127 Å². The molecular weight excluding hydrogens is 272 g/mol. The molecule has 0 spiro atoms. The number of hydrogen-bond acceptors (Lipinski definition) is 4. The molecule has 1 aromatic rings. The van der Waals surface area contributed by atoms with Gasteiger partial charge in [0.15, 0.2) is 12.0 Å². The molecule has 2 atom stereocenters. The molecule has 0 unspecified atom stereocenters. The number of carbonyl (C=O) groups excluding carboxylic acids is 2. The largest absolute Gasteiger partial charge is 0.369 e. The Morgan fingerprint density at radius 3 is 2.43 bits per heavy atom. The van der Waals surface area contributed by atoms with Crippen molar-refractivity contribution in [3.05, 3.63) is 24.0 Å². The normalized spacial score (nSPS) is 23.4. The van der Waals surface area contributed by atoms with Gasteiger partial charge in [0.1, 0.15) is 0 Å². The highest BCUT2D eigenvalue weighted by Gasteiger charge is 2.47. The van der Waals surface area contributed by atoms with Gasteiger partial charge in [-0.1, -0.05) is 6.92 Å². The van der Waals surface area contributed by atoms with E-state index in [4.69, 9.17) is 0 Å². The fraction of sp³-hybridized carbons (Fsp3) is 0.571. The number of likely N-dealkylation sites (N-methyl/N-ethyl adjacent to an activating group) is 1. The van der Waals surface area contributed by atoms with Crippen LogP contribution in [0.4, 0.5) is 4.79 Å². The zero-order valence-electron chi connectivity index (χ0n) is 13.1. The summed E-state index contributed by atoms with van der Waals surface area (Å²) in [6.07, 6.45) is 3.05. The maximum Gasteiger partial charge on any atom is 0.320 e. The van der Waals surface area contributed by atoms with Crippen LogP contribution in [0.2, 0.25) is 0 Å². The van der Waals surface area contributed by atoms with E-state index < -0.39 is 5.72 Å². The second-order valence-corrected chi connectivity index (χ2v) is 4.39. The molecule has 0 bridgehead atoms. The van der Waals surface area contributed by atoms with Crippen molar-refractivity contribution >= 4 is 12.3 Å². The molecular formula is C14H28N4O3. The minimum absolute atomic E-state index is 0. The van der Waals surface area contributed by atoms with Crippen molar-refractivity contribution in [1.82, 2.24) is 15.2 Å². The molecule has 1 fully saturated rings. The molecule has 2 rings (SSSR count). The van der Waals surface area contributed by atoms with Crippen LogP contribution < -0.4 is 11.1 Å². The number of amides is 2. The number of nitrogens with zero attached hydrogens (tertiary/aromatic N) is 1. The number of nitrogens with two attached hydrogens (primary N) is 1. The van der Waals surface area contributed by atoms with E-state index in [0.29, 0.717) is 18.7 Å². The first-order valence-electron chi connectivity index (χ1n) is 6.96. The number of hydrogen-bond donors (Lipinski definition) is 4. The maximum absolute atomic E-state index is 11.2. The van der Waals surface area contributed by atoms with E-state index in [1.54, 1.807) is 18.3 Å². The molecule has 0 saturated carbocycles. The first-order valence-corrected chi connectivity index (χ1v) is 6.96. The van der Waals surface area contributed by atoms with Crippen molar-refractivity contribution in [2.45, 2.75) is 39.0 Å². The van der Waals surface area contributed by atoms with Crippen molar-refractivity contribution in [3.8, 4) is 0 Å². The van der Waals surface area contributed by atoms with Gasteiger partial charge in [0.2, 0.25) is 0 Å². The van der Waals surface area contributed by atoms with Gasteiger partial charge in [0.05, 0.1) is 11.7 Å². The van der Waals surface area contributed by atoms with E-state index in [-0.39, 0.29) is 13.5 Å². The molecule has 0 aromatic carbocycles. The molecule has 1 aromatic heterocycles. The Kier molecular flexibility index (Phi) is 8.34. The minimum atomic E-state index is -0.994. The van der Waals surface area contributed by atoms with E-state index in [9.17, 15) is 14.7 Å². The van der Waals surface area contributed by atoms with Gasteiger partial charge < -0.3 is 21.1 Å². The highest BCUT2D eigenvalue weighted by molar-refractivity contribution is 5.78. The van der Waals surface area contributed by atoms with Crippen LogP contribution >= 0.6 is 0 Å². The lowest BCUT2D eigenvalue weighted by atomic mass is 10.0. The summed E-state index contributed by atoms with van der Waals surface area (Å²) >= 11 is 0. The summed E-state index contributed by atoms with van der Waals surface area (Å²) in [6, 6.07) is 3.14. The Hall–Kier alpha value is -1.86. The minimum Gasteiger partial charge on any atom is -0.369 e. The predicted molar refractivity (Wildman–Crippen MR) is 84.0 cm³/mol. The SMILES string of the molecule is CCN1C(=O)N[C@@H](C)[C@@]1(O)CC.CN.O=Cc1ccc[nH]1.[HH]. The van der Waals surface area contributed by atoms with Gasteiger partial charge in [-0.2, -0.15) is 0 Å². The molecule has 21 heavy (non-hydrogen) atoms. The Bertz CT molecular complexity index is 428. The average Bonchev–Trinajstić information content (AvgIpc) is 3.10. The summed E-state index contributed by atoms with van der Waals surface area (Å²) in [5.74, 6) is 0. The number of H-pyrrole nitrogens is 1. The topological polar surface area (TPSA) is 111 Å². The van der Waals surface area contributed by atoms with Gasteiger partial charge in [-0.05, 0) is 39.4 Å². The number of aldehydes is 1. The summed E-state index contributed by atoms with van der Waals surface area (Å²) < 4.78 is 0. The fourth-order valence-corrected chi connectivity index (χ4v) is 2.12. The third kappa shape index (κ3) is 4.57. The van der Waals surface area contributed by atoms with E-state index >= 15 is 0 Å². The van der Waals surface area contributed by atoms with Gasteiger partial charge >= 0.3 is 6.03 Å². The van der Waals surface area contributed by atoms with Crippen LogP contribution in [0.5, 0.6) is 0 Å². The predicted octanol–water partition coefficient (Wildman–Crippen LogP) is 1.17. The lowest BCUT2D eigenvalue weighted by molar-refractivity contribution is -0.0747. The van der Waals surface area contributed by atoms with Gasteiger partial charge in [0, 0.05) is 14.2 Å². The highest BCUT2D eigenvalue weighted by atomic mass is 16.3. The standard InChI is InChI=1S/C8H16N2O2.C5H5NO.CH5N.H2/c1-4-8(12)6(3)9-7(11)10(8)5-2;7-4-5-2-1-3-6-5;1-2;/h6,12H,4-5H2,1-3H3,(H,9,11);1-4,6H;2H2,1H3;1H/t6-,8-;;;/m0.../s1. The number of aromatic amines is 1. The smallest absolute Gasteiger partial charge is 0.320 e. The number of rotatable bonds is 3. The zero-order chi connectivity index (χ0) is 16.5. The second-order valence-electron chi connectivity index (χ2n) is 4.39. The van der Waals surface area contributed by atoms with E-state index in [0.717, 1.165) is 6.29 Å². The van der Waals surface area contributed by atoms with Crippen molar-refractivity contribution in [2.75, 3.05) is 13.6 Å². The van der Waals surface area contributed by atoms with Crippen LogP contribution in [0.3, 0.4) is 0 Å².